The minimum absolute atomic E-state index is 0.754. The van der Waals surface area contributed by atoms with Crippen molar-refractivity contribution in [1.29, 1.82) is 0 Å². The highest BCUT2D eigenvalue weighted by Crippen LogP contribution is 2.48. The molecule has 0 spiro atoms. The van der Waals surface area contributed by atoms with Gasteiger partial charge in [0.1, 0.15) is 0 Å². The van der Waals surface area contributed by atoms with Gasteiger partial charge in [-0.05, 0) is 109 Å². The van der Waals surface area contributed by atoms with Crippen LogP contribution in [0.5, 0.6) is 0 Å². The molecule has 0 saturated carbocycles. The normalized spacial score (nSPS) is 11.7. The number of hydrogen-bond acceptors (Lipinski definition) is 3. The molecule has 4 nitrogen and oxygen atoms in total. The standard InChI is InChI=1S/C39H30N4/c1-23-5-11-26(12-6-23)33-21-34(27-13-7-24(2)8-14-27)30-19-20-32-36(39-40-41-42-43(39)4)22-35(28-15-9-25(3)10-16-28)31-18-17-29(33)37(30)38(31)32/h5-22H,1-4H3. The second-order valence-electron chi connectivity index (χ2n) is 11.7. The van der Waals surface area contributed by atoms with Crippen LogP contribution in [-0.4, -0.2) is 20.2 Å². The molecule has 7 aromatic carbocycles. The maximum atomic E-state index is 4.47. The third-order valence-corrected chi connectivity index (χ3v) is 8.85. The molecule has 0 aliphatic rings. The van der Waals surface area contributed by atoms with Crippen molar-refractivity contribution in [2.45, 2.75) is 20.8 Å². The van der Waals surface area contributed by atoms with E-state index < -0.39 is 0 Å². The quantitative estimate of drug-likeness (QED) is 0.203. The molecule has 4 heteroatoms. The highest BCUT2D eigenvalue weighted by atomic mass is 15.5. The fourth-order valence-electron chi connectivity index (χ4n) is 6.55. The Morgan fingerprint density at radius 2 is 0.791 bits per heavy atom. The van der Waals surface area contributed by atoms with Gasteiger partial charge in [-0.15, -0.1) is 5.10 Å². The first kappa shape index (κ1) is 25.4. The molecule has 0 atom stereocenters. The predicted molar refractivity (Wildman–Crippen MR) is 178 cm³/mol. The van der Waals surface area contributed by atoms with Crippen LogP contribution in [0.4, 0.5) is 0 Å². The molecule has 0 aliphatic carbocycles. The largest absolute Gasteiger partial charge is 0.229 e. The molecule has 0 bridgehead atoms. The average molecular weight is 555 g/mol. The summed E-state index contributed by atoms with van der Waals surface area (Å²) >= 11 is 0. The minimum Gasteiger partial charge on any atom is -0.229 e. The van der Waals surface area contributed by atoms with Gasteiger partial charge in [0.05, 0.1) is 0 Å². The molecule has 8 rings (SSSR count). The van der Waals surface area contributed by atoms with Crippen molar-refractivity contribution in [1.82, 2.24) is 20.2 Å². The number of aromatic nitrogens is 4. The van der Waals surface area contributed by atoms with Crippen LogP contribution in [0.15, 0.2) is 109 Å². The van der Waals surface area contributed by atoms with Crippen LogP contribution in [-0.2, 0) is 7.05 Å². The number of rotatable bonds is 4. The number of nitrogens with zero attached hydrogens (tertiary/aromatic N) is 4. The summed E-state index contributed by atoms with van der Waals surface area (Å²) in [6, 6.07) is 40.4. The summed E-state index contributed by atoms with van der Waals surface area (Å²) in [5.74, 6) is 0.754. The van der Waals surface area contributed by atoms with Gasteiger partial charge >= 0.3 is 0 Å². The van der Waals surface area contributed by atoms with Gasteiger partial charge in [0.15, 0.2) is 5.82 Å². The van der Waals surface area contributed by atoms with Crippen LogP contribution < -0.4 is 0 Å². The van der Waals surface area contributed by atoms with Gasteiger partial charge in [0, 0.05) is 12.6 Å². The van der Waals surface area contributed by atoms with E-state index in [1.54, 1.807) is 4.68 Å². The molecule has 0 unspecified atom stereocenters. The Labute approximate surface area is 250 Å². The van der Waals surface area contributed by atoms with Crippen molar-refractivity contribution in [3.8, 4) is 44.8 Å². The summed E-state index contributed by atoms with van der Waals surface area (Å²) in [7, 11) is 1.91. The Bertz CT molecular complexity index is 2230. The Morgan fingerprint density at radius 1 is 0.442 bits per heavy atom. The Hall–Kier alpha value is -5.35. The molecule has 0 saturated heterocycles. The van der Waals surface area contributed by atoms with Crippen molar-refractivity contribution in [3.63, 3.8) is 0 Å². The Morgan fingerprint density at radius 3 is 1.14 bits per heavy atom. The lowest BCUT2D eigenvalue weighted by atomic mass is 9.82. The summed E-state index contributed by atoms with van der Waals surface area (Å²) in [6.45, 7) is 6.41. The van der Waals surface area contributed by atoms with Gasteiger partial charge < -0.3 is 0 Å². The number of tetrazole rings is 1. The van der Waals surface area contributed by atoms with Crippen molar-refractivity contribution in [3.05, 3.63) is 126 Å². The molecule has 206 valence electrons. The fraction of sp³-hybridized carbons (Fsp3) is 0.103. The van der Waals surface area contributed by atoms with Gasteiger partial charge in [-0.3, -0.25) is 0 Å². The molecule has 0 aliphatic heterocycles. The zero-order valence-electron chi connectivity index (χ0n) is 24.7. The molecule has 1 aromatic heterocycles. The van der Waals surface area contributed by atoms with E-state index in [4.69, 9.17) is 0 Å². The first-order valence-electron chi connectivity index (χ1n) is 14.7. The number of hydrogen-bond donors (Lipinski definition) is 0. The van der Waals surface area contributed by atoms with Crippen LogP contribution in [0.3, 0.4) is 0 Å². The van der Waals surface area contributed by atoms with Crippen LogP contribution in [0, 0.1) is 20.8 Å². The molecular weight excluding hydrogens is 524 g/mol. The van der Waals surface area contributed by atoms with Gasteiger partial charge in [0.2, 0.25) is 0 Å². The lowest BCUT2D eigenvalue weighted by Crippen LogP contribution is -1.98. The smallest absolute Gasteiger partial charge is 0.182 e. The van der Waals surface area contributed by atoms with E-state index in [1.165, 1.54) is 77.0 Å². The maximum absolute atomic E-state index is 4.47. The van der Waals surface area contributed by atoms with Crippen LogP contribution in [0.2, 0.25) is 0 Å². The van der Waals surface area contributed by atoms with E-state index >= 15 is 0 Å². The third-order valence-electron chi connectivity index (χ3n) is 8.85. The number of benzene rings is 7. The molecule has 0 N–H and O–H groups in total. The van der Waals surface area contributed by atoms with Gasteiger partial charge in [-0.1, -0.05) is 114 Å². The summed E-state index contributed by atoms with van der Waals surface area (Å²) in [6.07, 6.45) is 0. The predicted octanol–water partition coefficient (Wildman–Crippen LogP) is 9.70. The van der Waals surface area contributed by atoms with E-state index in [2.05, 4.69) is 145 Å². The topological polar surface area (TPSA) is 43.6 Å². The van der Waals surface area contributed by atoms with E-state index in [9.17, 15) is 0 Å². The van der Waals surface area contributed by atoms with E-state index in [-0.39, 0.29) is 0 Å². The first-order chi connectivity index (χ1) is 21.0. The van der Waals surface area contributed by atoms with Crippen LogP contribution in [0.1, 0.15) is 16.7 Å². The van der Waals surface area contributed by atoms with Crippen LogP contribution >= 0.6 is 0 Å². The van der Waals surface area contributed by atoms with Crippen molar-refractivity contribution in [2.75, 3.05) is 0 Å². The second-order valence-corrected chi connectivity index (χ2v) is 11.7. The first-order valence-corrected chi connectivity index (χ1v) is 14.7. The molecule has 0 radical (unpaired) electrons. The molecule has 43 heavy (non-hydrogen) atoms. The van der Waals surface area contributed by atoms with Crippen molar-refractivity contribution < 1.29 is 0 Å². The van der Waals surface area contributed by atoms with E-state index in [0.717, 1.165) is 16.8 Å². The molecule has 0 fully saturated rings. The van der Waals surface area contributed by atoms with Crippen molar-refractivity contribution >= 4 is 32.3 Å². The van der Waals surface area contributed by atoms with Crippen LogP contribution in [0.25, 0.3) is 77.1 Å². The second kappa shape index (κ2) is 9.60. The maximum Gasteiger partial charge on any atom is 0.182 e. The Kier molecular flexibility index (Phi) is 5.66. The fourth-order valence-corrected chi connectivity index (χ4v) is 6.55. The lowest BCUT2D eigenvalue weighted by molar-refractivity contribution is 0.715. The zero-order chi connectivity index (χ0) is 29.2. The highest BCUT2D eigenvalue weighted by Gasteiger charge is 2.22. The van der Waals surface area contributed by atoms with Gasteiger partial charge in [0.25, 0.3) is 0 Å². The molecule has 0 amide bonds. The van der Waals surface area contributed by atoms with E-state index in [1.807, 2.05) is 7.05 Å². The summed E-state index contributed by atoms with van der Waals surface area (Å²) in [4.78, 5) is 0. The summed E-state index contributed by atoms with van der Waals surface area (Å²) in [5, 5.41) is 20.1. The highest BCUT2D eigenvalue weighted by molar-refractivity contribution is 6.31. The zero-order valence-corrected chi connectivity index (χ0v) is 24.7. The lowest BCUT2D eigenvalue weighted by Gasteiger charge is -2.21. The number of aryl methyl sites for hydroxylation is 4. The minimum atomic E-state index is 0.754. The average Bonchev–Trinajstić information content (AvgIpc) is 3.46. The monoisotopic (exact) mass is 554 g/mol. The summed E-state index contributed by atoms with van der Waals surface area (Å²) < 4.78 is 1.76. The molecular formula is C39H30N4. The van der Waals surface area contributed by atoms with Crippen molar-refractivity contribution in [2.24, 2.45) is 7.05 Å². The van der Waals surface area contributed by atoms with E-state index in [0.29, 0.717) is 0 Å². The summed E-state index contributed by atoms with van der Waals surface area (Å²) in [5.41, 5.74) is 12.0. The van der Waals surface area contributed by atoms with Gasteiger partial charge in [-0.2, -0.15) is 0 Å². The Balaban J connectivity index is 1.57. The van der Waals surface area contributed by atoms with Gasteiger partial charge in [-0.25, -0.2) is 4.68 Å². The SMILES string of the molecule is Cc1ccc(-c2cc(-c3ccc(C)cc3)c3ccc4c(-c5nnnn5C)cc(-c5ccc(C)cc5)c5ccc2c3c54)cc1. The molecule has 1 heterocycles. The molecule has 8 aromatic rings. The third kappa shape index (κ3) is 4.02.